The van der Waals surface area contributed by atoms with Crippen molar-refractivity contribution in [2.75, 3.05) is 13.1 Å². The minimum absolute atomic E-state index is 0.0119. The summed E-state index contributed by atoms with van der Waals surface area (Å²) in [6, 6.07) is 2.99. The Balaban J connectivity index is 2.89. The molecule has 1 aromatic rings. The number of hydrogen-bond acceptors (Lipinski definition) is 2. The van der Waals surface area contributed by atoms with Gasteiger partial charge < -0.3 is 4.90 Å². The van der Waals surface area contributed by atoms with Gasteiger partial charge in [0.15, 0.2) is 0 Å². The Morgan fingerprint density at radius 2 is 2.44 bits per heavy atom. The highest BCUT2D eigenvalue weighted by atomic mass is 19.1. The maximum atomic E-state index is 13.3. The molecular weight excluding hydrogens is 207 g/mol. The van der Waals surface area contributed by atoms with E-state index in [0.717, 1.165) is 6.42 Å². The first-order valence-corrected chi connectivity index (χ1v) is 5.21. The number of rotatable bonds is 5. The monoisotopic (exact) mass is 222 g/mol. The van der Waals surface area contributed by atoms with Gasteiger partial charge in [-0.3, -0.25) is 4.79 Å². The van der Waals surface area contributed by atoms with Crippen molar-refractivity contribution in [1.82, 2.24) is 9.88 Å². The standard InChI is InChI=1S/C12H15FN2O/c1-3-8-15(9-4-2)12(16)10-6-5-7-14-11(10)13/h3,5-7H,1,4,8-9H2,2H3. The third-order valence-corrected chi connectivity index (χ3v) is 2.12. The summed E-state index contributed by atoms with van der Waals surface area (Å²) < 4.78 is 13.3. The van der Waals surface area contributed by atoms with E-state index in [0.29, 0.717) is 13.1 Å². The highest BCUT2D eigenvalue weighted by molar-refractivity contribution is 5.94. The lowest BCUT2D eigenvalue weighted by Gasteiger charge is -2.20. The number of amides is 1. The van der Waals surface area contributed by atoms with Crippen LogP contribution in [0.2, 0.25) is 0 Å². The smallest absolute Gasteiger partial charge is 0.258 e. The minimum Gasteiger partial charge on any atom is -0.335 e. The second-order valence-corrected chi connectivity index (χ2v) is 3.38. The van der Waals surface area contributed by atoms with Crippen molar-refractivity contribution >= 4 is 5.91 Å². The van der Waals surface area contributed by atoms with Crippen LogP contribution in [0.5, 0.6) is 0 Å². The fourth-order valence-corrected chi connectivity index (χ4v) is 1.42. The Hall–Kier alpha value is -1.71. The zero-order chi connectivity index (χ0) is 12.0. The molecule has 1 amide bonds. The van der Waals surface area contributed by atoms with Crippen LogP contribution < -0.4 is 0 Å². The summed E-state index contributed by atoms with van der Waals surface area (Å²) in [7, 11) is 0. The van der Waals surface area contributed by atoms with Crippen LogP contribution in [0, 0.1) is 5.95 Å². The summed E-state index contributed by atoms with van der Waals surface area (Å²) in [4.78, 5) is 17.0. The highest BCUT2D eigenvalue weighted by Crippen LogP contribution is 2.08. The van der Waals surface area contributed by atoms with E-state index in [2.05, 4.69) is 11.6 Å². The van der Waals surface area contributed by atoms with E-state index in [9.17, 15) is 9.18 Å². The quantitative estimate of drug-likeness (QED) is 0.565. The van der Waals surface area contributed by atoms with Gasteiger partial charge in [0.05, 0.1) is 5.56 Å². The third kappa shape index (κ3) is 2.89. The van der Waals surface area contributed by atoms with Gasteiger partial charge in [-0.25, -0.2) is 4.98 Å². The zero-order valence-electron chi connectivity index (χ0n) is 9.32. The summed E-state index contributed by atoms with van der Waals surface area (Å²) in [6.07, 6.45) is 3.77. The summed E-state index contributed by atoms with van der Waals surface area (Å²) in [6.45, 7) is 6.54. The molecule has 1 heterocycles. The molecule has 0 aromatic carbocycles. The van der Waals surface area contributed by atoms with Crippen molar-refractivity contribution < 1.29 is 9.18 Å². The van der Waals surface area contributed by atoms with Crippen LogP contribution in [0.15, 0.2) is 31.0 Å². The van der Waals surface area contributed by atoms with E-state index < -0.39 is 5.95 Å². The molecule has 0 aliphatic carbocycles. The minimum atomic E-state index is -0.724. The Bertz CT molecular complexity index is 379. The topological polar surface area (TPSA) is 33.2 Å². The molecule has 0 aliphatic rings. The van der Waals surface area contributed by atoms with Crippen molar-refractivity contribution in [2.45, 2.75) is 13.3 Å². The molecule has 0 saturated carbocycles. The molecule has 4 heteroatoms. The first kappa shape index (κ1) is 12.4. The molecule has 1 aromatic heterocycles. The molecule has 0 atom stereocenters. The normalized spacial score (nSPS) is 9.88. The van der Waals surface area contributed by atoms with Gasteiger partial charge in [0, 0.05) is 19.3 Å². The van der Waals surface area contributed by atoms with E-state index in [1.54, 1.807) is 17.0 Å². The lowest BCUT2D eigenvalue weighted by molar-refractivity contribution is 0.0768. The molecule has 0 bridgehead atoms. The lowest BCUT2D eigenvalue weighted by Crippen LogP contribution is -2.32. The van der Waals surface area contributed by atoms with E-state index in [1.165, 1.54) is 12.3 Å². The second-order valence-electron chi connectivity index (χ2n) is 3.38. The van der Waals surface area contributed by atoms with Crippen LogP contribution in [0.3, 0.4) is 0 Å². The van der Waals surface area contributed by atoms with Crippen LogP contribution >= 0.6 is 0 Å². The Labute approximate surface area is 94.6 Å². The number of nitrogens with zero attached hydrogens (tertiary/aromatic N) is 2. The first-order chi connectivity index (χ1) is 7.70. The molecule has 0 aliphatic heterocycles. The van der Waals surface area contributed by atoms with Crippen LogP contribution in [0.1, 0.15) is 23.7 Å². The molecule has 0 saturated heterocycles. The molecule has 0 spiro atoms. The molecule has 0 fully saturated rings. The van der Waals surface area contributed by atoms with E-state index in [-0.39, 0.29) is 11.5 Å². The van der Waals surface area contributed by atoms with Crippen molar-refractivity contribution in [3.63, 3.8) is 0 Å². The Morgan fingerprint density at radius 1 is 1.69 bits per heavy atom. The number of carbonyl (C=O) groups is 1. The molecule has 3 nitrogen and oxygen atoms in total. The largest absolute Gasteiger partial charge is 0.335 e. The van der Waals surface area contributed by atoms with E-state index in [4.69, 9.17) is 0 Å². The number of carbonyl (C=O) groups excluding carboxylic acids is 1. The van der Waals surface area contributed by atoms with Crippen LogP contribution in [0.25, 0.3) is 0 Å². The van der Waals surface area contributed by atoms with E-state index >= 15 is 0 Å². The number of aromatic nitrogens is 1. The SMILES string of the molecule is C=CCN(CCC)C(=O)c1cccnc1F. The van der Waals surface area contributed by atoms with E-state index in [1.807, 2.05) is 6.92 Å². The Kier molecular flexibility index (Phi) is 4.64. The first-order valence-electron chi connectivity index (χ1n) is 5.21. The average molecular weight is 222 g/mol. The number of hydrogen-bond donors (Lipinski definition) is 0. The molecule has 0 radical (unpaired) electrons. The van der Waals surface area contributed by atoms with Gasteiger partial charge in [-0.2, -0.15) is 4.39 Å². The maximum absolute atomic E-state index is 13.3. The lowest BCUT2D eigenvalue weighted by atomic mass is 10.2. The average Bonchev–Trinajstić information content (AvgIpc) is 2.28. The van der Waals surface area contributed by atoms with Crippen LogP contribution in [-0.4, -0.2) is 28.9 Å². The molecule has 86 valence electrons. The molecule has 0 unspecified atom stereocenters. The molecule has 1 rings (SSSR count). The van der Waals surface area contributed by atoms with Gasteiger partial charge in [-0.1, -0.05) is 13.0 Å². The van der Waals surface area contributed by atoms with Gasteiger partial charge >= 0.3 is 0 Å². The predicted molar refractivity (Wildman–Crippen MR) is 60.6 cm³/mol. The van der Waals surface area contributed by atoms with Crippen molar-refractivity contribution in [3.05, 3.63) is 42.5 Å². The maximum Gasteiger partial charge on any atom is 0.258 e. The molecular formula is C12H15FN2O. The van der Waals surface area contributed by atoms with Gasteiger partial charge in [0.2, 0.25) is 5.95 Å². The van der Waals surface area contributed by atoms with Gasteiger partial charge in [0.25, 0.3) is 5.91 Å². The third-order valence-electron chi connectivity index (χ3n) is 2.12. The highest BCUT2D eigenvalue weighted by Gasteiger charge is 2.17. The Morgan fingerprint density at radius 3 is 3.00 bits per heavy atom. The zero-order valence-corrected chi connectivity index (χ0v) is 9.32. The van der Waals surface area contributed by atoms with Gasteiger partial charge in [-0.15, -0.1) is 6.58 Å². The van der Waals surface area contributed by atoms with Crippen molar-refractivity contribution in [1.29, 1.82) is 0 Å². The summed E-state index contributed by atoms with van der Waals surface area (Å²) in [5, 5.41) is 0. The number of pyridine rings is 1. The van der Waals surface area contributed by atoms with Gasteiger partial charge in [-0.05, 0) is 18.6 Å². The van der Waals surface area contributed by atoms with Crippen LogP contribution in [0.4, 0.5) is 4.39 Å². The number of halogens is 1. The fraction of sp³-hybridized carbons (Fsp3) is 0.333. The summed E-state index contributed by atoms with van der Waals surface area (Å²) in [5.41, 5.74) is 0.0119. The van der Waals surface area contributed by atoms with Crippen LogP contribution in [-0.2, 0) is 0 Å². The fourth-order valence-electron chi connectivity index (χ4n) is 1.42. The van der Waals surface area contributed by atoms with Crippen molar-refractivity contribution in [2.24, 2.45) is 0 Å². The predicted octanol–water partition coefficient (Wildman–Crippen LogP) is 2.26. The molecule has 16 heavy (non-hydrogen) atoms. The summed E-state index contributed by atoms with van der Waals surface area (Å²) in [5.74, 6) is -1.06. The van der Waals surface area contributed by atoms with Gasteiger partial charge in [0.1, 0.15) is 0 Å². The van der Waals surface area contributed by atoms with Crippen molar-refractivity contribution in [3.8, 4) is 0 Å². The molecule has 0 N–H and O–H groups in total. The second kappa shape index (κ2) is 6.00. The summed E-state index contributed by atoms with van der Waals surface area (Å²) >= 11 is 0.